The molecule has 1 aliphatic rings. The van der Waals surface area contributed by atoms with E-state index in [0.29, 0.717) is 43.0 Å². The van der Waals surface area contributed by atoms with Crippen molar-refractivity contribution in [3.05, 3.63) is 130 Å². The van der Waals surface area contributed by atoms with Crippen LogP contribution < -0.4 is 10.2 Å². The van der Waals surface area contributed by atoms with Gasteiger partial charge >= 0.3 is 0 Å². The fourth-order valence-electron chi connectivity index (χ4n) is 7.51. The van der Waals surface area contributed by atoms with Gasteiger partial charge < -0.3 is 15.0 Å². The molecule has 11 nitrogen and oxygen atoms in total. The number of rotatable bonds is 8. The lowest BCUT2D eigenvalue weighted by atomic mass is 10.0. The zero-order chi connectivity index (χ0) is 46.5. The molecular weight excluding hydrogens is 916 g/mol. The number of nitrogens with zero attached hydrogens (tertiary/aromatic N) is 3. The van der Waals surface area contributed by atoms with Gasteiger partial charge in [-0.3, -0.25) is 0 Å². The number of fused-ring (bicyclic) bond motifs is 2. The molecule has 0 unspecified atom stereocenters. The average molecular weight is 955 g/mol. The first kappa shape index (κ1) is 46.3. The molecule has 1 fully saturated rings. The van der Waals surface area contributed by atoms with Crippen LogP contribution in [-0.2, 0) is 34.2 Å². The summed E-state index contributed by atoms with van der Waals surface area (Å²) < 4.78 is 137. The molecule has 0 bridgehead atoms. The highest BCUT2D eigenvalue weighted by molar-refractivity contribution is 7.91. The number of halogens is 5. The van der Waals surface area contributed by atoms with Gasteiger partial charge in [0.2, 0.25) is 0 Å². The van der Waals surface area contributed by atoms with Crippen LogP contribution in [0, 0.1) is 37.1 Å². The zero-order valence-electron chi connectivity index (χ0n) is 34.8. The molecule has 0 amide bonds. The molecule has 7 aromatic rings. The number of morpholine rings is 1. The molecule has 64 heavy (non-hydrogen) atoms. The van der Waals surface area contributed by atoms with Crippen LogP contribution in [0.3, 0.4) is 0 Å². The maximum Gasteiger partial charge on any atom is 0.177 e. The Morgan fingerprint density at radius 3 is 1.59 bits per heavy atom. The molecule has 2 aromatic heterocycles. The molecule has 19 heteroatoms. The van der Waals surface area contributed by atoms with E-state index < -0.39 is 52.8 Å². The first-order chi connectivity index (χ1) is 30.0. The Hall–Kier alpha value is -5.66. The fourth-order valence-corrected chi connectivity index (χ4v) is 10.4. The largest absolute Gasteiger partial charge is 0.378 e. The van der Waals surface area contributed by atoms with Crippen molar-refractivity contribution in [3.8, 4) is 22.5 Å². The summed E-state index contributed by atoms with van der Waals surface area (Å²) in [5.74, 6) is -3.36. The van der Waals surface area contributed by atoms with E-state index in [0.717, 1.165) is 48.7 Å². The Morgan fingerprint density at radius 1 is 0.609 bits per heavy atom. The molecule has 1 N–H and O–H groups in total. The van der Waals surface area contributed by atoms with Crippen molar-refractivity contribution in [3.63, 3.8) is 0 Å². The van der Waals surface area contributed by atoms with Gasteiger partial charge in [-0.2, -0.15) is 0 Å². The lowest BCUT2D eigenvalue weighted by molar-refractivity contribution is 0.122. The van der Waals surface area contributed by atoms with E-state index in [1.165, 1.54) is 18.2 Å². The molecular formula is C45H39ClF4N4O7S3. The Morgan fingerprint density at radius 2 is 1.08 bits per heavy atom. The van der Waals surface area contributed by atoms with Crippen LogP contribution in [0.1, 0.15) is 11.1 Å². The Bertz CT molecular complexity index is 3370. The molecule has 0 spiro atoms. The number of benzene rings is 5. The summed E-state index contributed by atoms with van der Waals surface area (Å²) in [6.07, 6.45) is 3.22. The van der Waals surface area contributed by atoms with Crippen molar-refractivity contribution >= 4 is 80.0 Å². The Labute approximate surface area is 372 Å². The second kappa shape index (κ2) is 17.7. The smallest absolute Gasteiger partial charge is 0.177 e. The molecule has 3 heterocycles. The van der Waals surface area contributed by atoms with E-state index in [2.05, 4.69) is 15.3 Å². The molecule has 0 radical (unpaired) electrons. The predicted molar refractivity (Wildman–Crippen MR) is 241 cm³/mol. The molecule has 8 rings (SSSR count). The van der Waals surface area contributed by atoms with E-state index in [1.54, 1.807) is 62.4 Å². The van der Waals surface area contributed by atoms with Gasteiger partial charge in [0.1, 0.15) is 23.3 Å². The van der Waals surface area contributed by atoms with Crippen molar-refractivity contribution in [1.82, 2.24) is 9.97 Å². The van der Waals surface area contributed by atoms with Crippen molar-refractivity contribution in [2.45, 2.75) is 28.5 Å². The fraction of sp³-hybridized carbons (Fsp3) is 0.200. The van der Waals surface area contributed by atoms with Gasteiger partial charge in [0.25, 0.3) is 0 Å². The molecule has 1 saturated heterocycles. The van der Waals surface area contributed by atoms with Crippen molar-refractivity contribution in [2.24, 2.45) is 0 Å². The van der Waals surface area contributed by atoms with E-state index in [9.17, 15) is 38.4 Å². The van der Waals surface area contributed by atoms with Gasteiger partial charge in [-0.05, 0) is 55.3 Å². The normalized spacial score (nSPS) is 13.5. The van der Waals surface area contributed by atoms with Crippen LogP contribution in [0.15, 0.2) is 106 Å². The Kier molecular flexibility index (Phi) is 12.8. The quantitative estimate of drug-likeness (QED) is 0.145. The summed E-state index contributed by atoms with van der Waals surface area (Å²) in [7, 11) is -10.9. The standard InChI is InChI=1S/C28H27F2N3O5S2.C17H12ClF2NO2S/c1-17-27(20-6-4-5-7-24(20)39(2,34)35)32-23-15-18(29)14-21(30)26(23)28(17)31-22-16-19(33-10-12-38-13-11-33)8-9-25(22)40(3,36)37;1-9-16(18)15-12(20)7-10(19)8-13(15)21-17(9)11-5-3-4-6-14(11)24(2,22)23/h4-9,14-16H,10-13H2,1-3H3,(H,31,32);3-8H,1-2H3. The summed E-state index contributed by atoms with van der Waals surface area (Å²) in [6.45, 7) is 5.49. The maximum absolute atomic E-state index is 15.3. The number of hydrogen-bond acceptors (Lipinski definition) is 11. The third-order valence-electron chi connectivity index (χ3n) is 10.5. The van der Waals surface area contributed by atoms with Crippen LogP contribution in [0.5, 0.6) is 0 Å². The summed E-state index contributed by atoms with van der Waals surface area (Å²) in [4.78, 5) is 10.9. The molecule has 0 atom stereocenters. The minimum absolute atomic E-state index is 0.00100. The highest BCUT2D eigenvalue weighted by atomic mass is 35.5. The number of pyridine rings is 2. The third kappa shape index (κ3) is 9.42. The lowest BCUT2D eigenvalue weighted by Crippen LogP contribution is -2.36. The molecule has 0 aliphatic carbocycles. The average Bonchev–Trinajstić information content (AvgIpc) is 3.22. The predicted octanol–water partition coefficient (Wildman–Crippen LogP) is 9.42. The van der Waals surface area contributed by atoms with Crippen molar-refractivity contribution in [2.75, 3.05) is 55.3 Å². The van der Waals surface area contributed by atoms with Crippen LogP contribution in [-0.4, -0.2) is 80.3 Å². The van der Waals surface area contributed by atoms with Crippen LogP contribution in [0.25, 0.3) is 44.3 Å². The number of aromatic nitrogens is 2. The highest BCUT2D eigenvalue weighted by Gasteiger charge is 2.25. The van der Waals surface area contributed by atoms with Gasteiger partial charge in [0, 0.05) is 72.9 Å². The van der Waals surface area contributed by atoms with E-state index in [4.69, 9.17) is 16.3 Å². The zero-order valence-corrected chi connectivity index (χ0v) is 38.0. The Balaban J connectivity index is 0.000000217. The molecule has 334 valence electrons. The van der Waals surface area contributed by atoms with Gasteiger partial charge in [-0.25, -0.2) is 52.8 Å². The molecule has 1 aliphatic heterocycles. The van der Waals surface area contributed by atoms with Crippen LogP contribution in [0.2, 0.25) is 5.02 Å². The summed E-state index contributed by atoms with van der Waals surface area (Å²) >= 11 is 6.25. The van der Waals surface area contributed by atoms with E-state index in [-0.39, 0.29) is 69.8 Å². The highest BCUT2D eigenvalue weighted by Crippen LogP contribution is 2.41. The molecule has 0 saturated carbocycles. The lowest BCUT2D eigenvalue weighted by Gasteiger charge is -2.29. The number of hydrogen-bond donors (Lipinski definition) is 1. The van der Waals surface area contributed by atoms with E-state index in [1.807, 2.05) is 4.90 Å². The van der Waals surface area contributed by atoms with E-state index >= 15 is 4.39 Å². The monoisotopic (exact) mass is 954 g/mol. The number of anilines is 3. The second-order valence-corrected chi connectivity index (χ2v) is 21.5. The first-order valence-electron chi connectivity index (χ1n) is 19.3. The van der Waals surface area contributed by atoms with Crippen LogP contribution >= 0.6 is 11.6 Å². The van der Waals surface area contributed by atoms with Gasteiger partial charge in [-0.1, -0.05) is 48.0 Å². The van der Waals surface area contributed by atoms with Crippen LogP contribution in [0.4, 0.5) is 34.6 Å². The second-order valence-electron chi connectivity index (χ2n) is 15.1. The first-order valence-corrected chi connectivity index (χ1v) is 25.4. The van der Waals surface area contributed by atoms with Gasteiger partial charge in [0.05, 0.1) is 77.5 Å². The van der Waals surface area contributed by atoms with Gasteiger partial charge in [0.15, 0.2) is 29.5 Å². The summed E-state index contributed by atoms with van der Waals surface area (Å²) in [5.41, 5.74) is 2.87. The number of sulfone groups is 3. The maximum atomic E-state index is 15.3. The van der Waals surface area contributed by atoms with Crippen molar-refractivity contribution < 1.29 is 47.6 Å². The number of ether oxygens (including phenoxy) is 1. The molecule has 5 aromatic carbocycles. The minimum Gasteiger partial charge on any atom is -0.378 e. The van der Waals surface area contributed by atoms with Gasteiger partial charge in [-0.15, -0.1) is 0 Å². The summed E-state index contributed by atoms with van der Waals surface area (Å²) in [6, 6.07) is 20.9. The summed E-state index contributed by atoms with van der Waals surface area (Å²) in [5, 5.41) is 3.14. The number of nitrogens with one attached hydrogen (secondary N) is 1. The topological polar surface area (TPSA) is 153 Å². The third-order valence-corrected chi connectivity index (χ3v) is 14.4. The minimum atomic E-state index is -3.73. The van der Waals surface area contributed by atoms with Crippen molar-refractivity contribution in [1.29, 1.82) is 0 Å². The SMILES string of the molecule is Cc1c(-c2ccccc2S(C)(=O)=O)nc2cc(F)cc(F)c2c1Cl.Cc1c(-c2ccccc2S(C)(=O)=O)nc2cc(F)cc(F)c2c1Nc1cc(N2CCOCC2)ccc1S(C)(=O)=O.